The Kier molecular flexibility index (Phi) is 8.59. The van der Waals surface area contributed by atoms with E-state index < -0.39 is 0 Å². The van der Waals surface area contributed by atoms with E-state index in [2.05, 4.69) is 10.6 Å². The fourth-order valence-corrected chi connectivity index (χ4v) is 3.54. The SMILES string of the molecule is CCOCCOCc1cccc(NC(=O)CC2CSCCN2)c1C. The van der Waals surface area contributed by atoms with Crippen LogP contribution in [0.1, 0.15) is 24.5 Å². The lowest BCUT2D eigenvalue weighted by molar-refractivity contribution is -0.116. The van der Waals surface area contributed by atoms with Gasteiger partial charge in [0.15, 0.2) is 0 Å². The number of benzene rings is 1. The van der Waals surface area contributed by atoms with E-state index in [-0.39, 0.29) is 11.9 Å². The van der Waals surface area contributed by atoms with Crippen molar-refractivity contribution >= 4 is 23.4 Å². The largest absolute Gasteiger partial charge is 0.379 e. The van der Waals surface area contributed by atoms with Gasteiger partial charge in [-0.3, -0.25) is 4.79 Å². The van der Waals surface area contributed by atoms with Crippen LogP contribution >= 0.6 is 11.8 Å². The van der Waals surface area contributed by atoms with Crippen LogP contribution in [0.4, 0.5) is 5.69 Å². The second-order valence-electron chi connectivity index (χ2n) is 5.82. The third kappa shape index (κ3) is 6.43. The average Bonchev–Trinajstić information content (AvgIpc) is 2.58. The molecule has 134 valence electrons. The molecule has 0 bridgehead atoms. The number of carbonyl (C=O) groups excluding carboxylic acids is 1. The van der Waals surface area contributed by atoms with Crippen LogP contribution < -0.4 is 10.6 Å². The Balaban J connectivity index is 1.83. The fraction of sp³-hybridized carbons (Fsp3) is 0.611. The summed E-state index contributed by atoms with van der Waals surface area (Å²) in [5.74, 6) is 2.19. The summed E-state index contributed by atoms with van der Waals surface area (Å²) >= 11 is 1.90. The number of rotatable bonds is 9. The molecule has 0 aliphatic carbocycles. The molecule has 1 heterocycles. The maximum Gasteiger partial charge on any atom is 0.225 e. The van der Waals surface area contributed by atoms with E-state index in [1.54, 1.807) is 0 Å². The number of hydrogen-bond acceptors (Lipinski definition) is 5. The minimum absolute atomic E-state index is 0.0625. The van der Waals surface area contributed by atoms with Crippen LogP contribution in [0.25, 0.3) is 0 Å². The van der Waals surface area contributed by atoms with Crippen LogP contribution in [0.5, 0.6) is 0 Å². The molecule has 0 aromatic heterocycles. The van der Waals surface area contributed by atoms with Gasteiger partial charge in [0, 0.05) is 42.8 Å². The Bertz CT molecular complexity index is 519. The smallest absolute Gasteiger partial charge is 0.225 e. The molecule has 5 nitrogen and oxygen atoms in total. The molecule has 6 heteroatoms. The van der Waals surface area contributed by atoms with Gasteiger partial charge in [-0.05, 0) is 31.0 Å². The molecule has 24 heavy (non-hydrogen) atoms. The lowest BCUT2D eigenvalue weighted by atomic mass is 10.1. The van der Waals surface area contributed by atoms with Gasteiger partial charge in [0.25, 0.3) is 0 Å². The summed E-state index contributed by atoms with van der Waals surface area (Å²) in [6, 6.07) is 6.21. The number of amides is 1. The highest BCUT2D eigenvalue weighted by Gasteiger charge is 2.17. The Morgan fingerprint density at radius 3 is 2.96 bits per heavy atom. The van der Waals surface area contributed by atoms with Crippen LogP contribution in [-0.4, -0.2) is 49.8 Å². The number of carbonyl (C=O) groups is 1. The fourth-order valence-electron chi connectivity index (χ4n) is 2.60. The lowest BCUT2D eigenvalue weighted by Crippen LogP contribution is -2.39. The summed E-state index contributed by atoms with van der Waals surface area (Å²) in [7, 11) is 0. The van der Waals surface area contributed by atoms with Crippen LogP contribution in [-0.2, 0) is 20.9 Å². The molecule has 2 rings (SSSR count). The molecule has 0 spiro atoms. The molecular weight excluding hydrogens is 324 g/mol. The van der Waals surface area contributed by atoms with E-state index in [4.69, 9.17) is 9.47 Å². The molecule has 1 amide bonds. The van der Waals surface area contributed by atoms with Crippen LogP contribution in [0.3, 0.4) is 0 Å². The summed E-state index contributed by atoms with van der Waals surface area (Å²) in [6.07, 6.45) is 0.515. The molecule has 1 aromatic rings. The molecule has 0 radical (unpaired) electrons. The molecule has 1 aromatic carbocycles. The van der Waals surface area contributed by atoms with Crippen molar-refractivity contribution in [3.05, 3.63) is 29.3 Å². The first kappa shape index (κ1) is 19.2. The molecule has 1 atom stereocenters. The normalized spacial score (nSPS) is 17.7. The molecule has 2 N–H and O–H groups in total. The molecule has 1 unspecified atom stereocenters. The van der Waals surface area contributed by atoms with Crippen molar-refractivity contribution in [3.63, 3.8) is 0 Å². The van der Waals surface area contributed by atoms with Crippen molar-refractivity contribution in [1.82, 2.24) is 5.32 Å². The molecular formula is C18H28N2O3S. The third-order valence-electron chi connectivity index (χ3n) is 3.98. The summed E-state index contributed by atoms with van der Waals surface area (Å²) < 4.78 is 10.9. The highest BCUT2D eigenvalue weighted by Crippen LogP contribution is 2.20. The number of nitrogens with one attached hydrogen (secondary N) is 2. The van der Waals surface area contributed by atoms with Crippen molar-refractivity contribution < 1.29 is 14.3 Å². The highest BCUT2D eigenvalue weighted by molar-refractivity contribution is 7.99. The summed E-state index contributed by atoms with van der Waals surface area (Å²) in [5, 5.41) is 6.43. The van der Waals surface area contributed by atoms with E-state index in [1.807, 2.05) is 43.8 Å². The molecule has 1 fully saturated rings. The highest BCUT2D eigenvalue weighted by atomic mass is 32.2. The number of hydrogen-bond donors (Lipinski definition) is 2. The van der Waals surface area contributed by atoms with E-state index >= 15 is 0 Å². The summed E-state index contributed by atoms with van der Waals surface area (Å²) in [4.78, 5) is 12.3. The van der Waals surface area contributed by atoms with Crippen molar-refractivity contribution in [1.29, 1.82) is 0 Å². The molecule has 1 saturated heterocycles. The predicted octanol–water partition coefficient (Wildman–Crippen LogP) is 2.58. The van der Waals surface area contributed by atoms with Gasteiger partial charge in [0.05, 0.1) is 19.8 Å². The van der Waals surface area contributed by atoms with Crippen LogP contribution in [0.2, 0.25) is 0 Å². The lowest BCUT2D eigenvalue weighted by Gasteiger charge is -2.22. The monoisotopic (exact) mass is 352 g/mol. The Morgan fingerprint density at radius 1 is 1.38 bits per heavy atom. The van der Waals surface area contributed by atoms with Gasteiger partial charge in [-0.1, -0.05) is 12.1 Å². The van der Waals surface area contributed by atoms with E-state index in [0.29, 0.717) is 32.8 Å². The Morgan fingerprint density at radius 2 is 2.21 bits per heavy atom. The second-order valence-corrected chi connectivity index (χ2v) is 6.97. The van der Waals surface area contributed by atoms with Gasteiger partial charge in [-0.2, -0.15) is 11.8 Å². The first-order valence-corrected chi connectivity index (χ1v) is 9.71. The van der Waals surface area contributed by atoms with Gasteiger partial charge in [0.1, 0.15) is 0 Å². The van der Waals surface area contributed by atoms with E-state index in [1.165, 1.54) is 0 Å². The first-order chi connectivity index (χ1) is 11.7. The Hall–Kier alpha value is -1.08. The Labute approximate surface area is 148 Å². The van der Waals surface area contributed by atoms with E-state index in [9.17, 15) is 4.79 Å². The molecule has 1 aliphatic heterocycles. The van der Waals surface area contributed by atoms with Gasteiger partial charge in [-0.25, -0.2) is 0 Å². The molecule has 1 aliphatic rings. The minimum Gasteiger partial charge on any atom is -0.379 e. The van der Waals surface area contributed by atoms with Crippen molar-refractivity contribution in [2.24, 2.45) is 0 Å². The van der Waals surface area contributed by atoms with E-state index in [0.717, 1.165) is 34.9 Å². The zero-order valence-electron chi connectivity index (χ0n) is 14.6. The van der Waals surface area contributed by atoms with Gasteiger partial charge in [-0.15, -0.1) is 0 Å². The maximum atomic E-state index is 12.3. The summed E-state index contributed by atoms with van der Waals surface area (Å²) in [5.41, 5.74) is 3.03. The van der Waals surface area contributed by atoms with Crippen molar-refractivity contribution in [3.8, 4) is 0 Å². The van der Waals surface area contributed by atoms with Gasteiger partial charge < -0.3 is 20.1 Å². The van der Waals surface area contributed by atoms with Crippen molar-refractivity contribution in [2.75, 3.05) is 43.2 Å². The minimum atomic E-state index is 0.0625. The standard InChI is InChI=1S/C18H28N2O3S/c1-3-22-8-9-23-12-15-5-4-6-17(14(15)2)20-18(21)11-16-13-24-10-7-19-16/h4-6,16,19H,3,7-13H2,1-2H3,(H,20,21). The molecule has 0 saturated carbocycles. The third-order valence-corrected chi connectivity index (χ3v) is 5.11. The number of anilines is 1. The zero-order chi connectivity index (χ0) is 17.2. The van der Waals surface area contributed by atoms with Crippen molar-refractivity contribution in [2.45, 2.75) is 32.9 Å². The maximum absolute atomic E-state index is 12.3. The number of ether oxygens (including phenoxy) is 2. The topological polar surface area (TPSA) is 59.6 Å². The van der Waals surface area contributed by atoms with Gasteiger partial charge >= 0.3 is 0 Å². The first-order valence-electron chi connectivity index (χ1n) is 8.55. The zero-order valence-corrected chi connectivity index (χ0v) is 15.4. The number of thioether (sulfide) groups is 1. The quantitative estimate of drug-likeness (QED) is 0.669. The van der Waals surface area contributed by atoms with Crippen LogP contribution in [0.15, 0.2) is 18.2 Å². The second kappa shape index (κ2) is 10.7. The van der Waals surface area contributed by atoms with Crippen LogP contribution in [0, 0.1) is 6.92 Å². The average molecular weight is 353 g/mol. The predicted molar refractivity (Wildman–Crippen MR) is 99.7 cm³/mol. The van der Waals surface area contributed by atoms with Gasteiger partial charge in [0.2, 0.25) is 5.91 Å². The summed E-state index contributed by atoms with van der Waals surface area (Å²) in [6.45, 7) is 7.40.